The molecule has 1 heterocycles. The highest BCUT2D eigenvalue weighted by Gasteiger charge is 2.42. The molecule has 0 aliphatic carbocycles. The van der Waals surface area contributed by atoms with E-state index in [1.54, 1.807) is 24.3 Å². The van der Waals surface area contributed by atoms with Gasteiger partial charge >= 0.3 is 5.97 Å². The molecule has 0 bridgehead atoms. The Bertz CT molecular complexity index is 1090. The average Bonchev–Trinajstić information content (AvgIpc) is 2.76. The van der Waals surface area contributed by atoms with Gasteiger partial charge in [0.2, 0.25) is 0 Å². The van der Waals surface area contributed by atoms with Crippen molar-refractivity contribution < 1.29 is 24.1 Å². The summed E-state index contributed by atoms with van der Waals surface area (Å²) < 4.78 is 15.9. The molecule has 0 unspecified atom stereocenters. The lowest BCUT2D eigenvalue weighted by molar-refractivity contribution is -0.222. The van der Waals surface area contributed by atoms with Crippen LogP contribution in [-0.2, 0) is 20.0 Å². The normalized spacial score (nSPS) is 16.9. The molecule has 1 atom stereocenters. The molecule has 8 heteroatoms. The monoisotopic (exact) mass is 452 g/mol. The molecule has 0 amide bonds. The SMILES string of the molecule is COc1ccc([C@@H](C2=C(O)OC(C)(C)OC2=O)/C(C#N)=C(\N)SCc2ccccc2)cc1. The molecule has 1 aliphatic heterocycles. The number of rotatable bonds is 7. The second-order valence-corrected chi connectivity index (χ2v) is 8.50. The Kier molecular flexibility index (Phi) is 7.01. The zero-order valence-corrected chi connectivity index (χ0v) is 18.8. The largest absolute Gasteiger partial charge is 0.497 e. The number of nitrogens with two attached hydrogens (primary N) is 1. The Labute approximate surface area is 191 Å². The lowest BCUT2D eigenvalue weighted by Gasteiger charge is -2.33. The second kappa shape index (κ2) is 9.71. The van der Waals surface area contributed by atoms with Gasteiger partial charge in [-0.05, 0) is 23.3 Å². The molecular formula is C24H24N2O5S. The summed E-state index contributed by atoms with van der Waals surface area (Å²) in [6.45, 7) is 3.01. The molecule has 0 fully saturated rings. The van der Waals surface area contributed by atoms with Gasteiger partial charge in [-0.25, -0.2) is 4.79 Å². The molecule has 0 saturated heterocycles. The molecule has 0 radical (unpaired) electrons. The third kappa shape index (κ3) is 5.18. The van der Waals surface area contributed by atoms with Crippen molar-refractivity contribution in [1.29, 1.82) is 5.26 Å². The number of carbonyl (C=O) groups is 1. The van der Waals surface area contributed by atoms with E-state index in [-0.39, 0.29) is 16.2 Å². The van der Waals surface area contributed by atoms with Crippen molar-refractivity contribution >= 4 is 17.7 Å². The van der Waals surface area contributed by atoms with Gasteiger partial charge in [-0.3, -0.25) is 0 Å². The number of hydrogen-bond donors (Lipinski definition) is 2. The number of hydrogen-bond acceptors (Lipinski definition) is 8. The Morgan fingerprint density at radius 3 is 2.41 bits per heavy atom. The number of cyclic esters (lactones) is 1. The van der Waals surface area contributed by atoms with Crippen LogP contribution in [0, 0.1) is 11.3 Å². The quantitative estimate of drug-likeness (QED) is 0.467. The molecule has 1 aliphatic rings. The van der Waals surface area contributed by atoms with Gasteiger partial charge in [0.25, 0.3) is 11.7 Å². The van der Waals surface area contributed by atoms with Gasteiger partial charge in [0.05, 0.1) is 29.7 Å². The predicted molar refractivity (Wildman–Crippen MR) is 121 cm³/mol. The van der Waals surface area contributed by atoms with Crippen molar-refractivity contribution in [3.8, 4) is 11.8 Å². The van der Waals surface area contributed by atoms with E-state index in [0.717, 1.165) is 5.56 Å². The first-order valence-electron chi connectivity index (χ1n) is 9.81. The fraction of sp³-hybridized carbons (Fsp3) is 0.250. The number of thioether (sulfide) groups is 1. The van der Waals surface area contributed by atoms with E-state index < -0.39 is 23.6 Å². The minimum atomic E-state index is -1.33. The molecule has 7 nitrogen and oxygen atoms in total. The minimum absolute atomic E-state index is 0.109. The Balaban J connectivity index is 2.08. The van der Waals surface area contributed by atoms with Crippen molar-refractivity contribution in [1.82, 2.24) is 0 Å². The number of ether oxygens (including phenoxy) is 3. The van der Waals surface area contributed by atoms with Gasteiger partial charge < -0.3 is 25.1 Å². The highest BCUT2D eigenvalue weighted by Crippen LogP contribution is 2.41. The Morgan fingerprint density at radius 1 is 1.19 bits per heavy atom. The van der Waals surface area contributed by atoms with Gasteiger partial charge in [-0.15, -0.1) is 11.8 Å². The van der Waals surface area contributed by atoms with Crippen molar-refractivity contribution in [2.75, 3.05) is 7.11 Å². The van der Waals surface area contributed by atoms with Gasteiger partial charge in [0.15, 0.2) is 0 Å². The Morgan fingerprint density at radius 2 is 1.84 bits per heavy atom. The molecule has 32 heavy (non-hydrogen) atoms. The van der Waals surface area contributed by atoms with Crippen LogP contribution in [0.2, 0.25) is 0 Å². The smallest absolute Gasteiger partial charge is 0.345 e. The van der Waals surface area contributed by atoms with E-state index in [2.05, 4.69) is 6.07 Å². The summed E-state index contributed by atoms with van der Waals surface area (Å²) in [7, 11) is 1.54. The van der Waals surface area contributed by atoms with Crippen LogP contribution in [-0.4, -0.2) is 24.0 Å². The van der Waals surface area contributed by atoms with Gasteiger partial charge in [0.1, 0.15) is 11.3 Å². The number of nitriles is 1. The topological polar surface area (TPSA) is 115 Å². The fourth-order valence-corrected chi connectivity index (χ4v) is 4.10. The number of allylic oxidation sites excluding steroid dienone is 1. The highest BCUT2D eigenvalue weighted by atomic mass is 32.2. The highest BCUT2D eigenvalue weighted by molar-refractivity contribution is 8.02. The van der Waals surface area contributed by atoms with Gasteiger partial charge in [0, 0.05) is 19.6 Å². The van der Waals surface area contributed by atoms with Crippen molar-refractivity contribution in [3.63, 3.8) is 0 Å². The van der Waals surface area contributed by atoms with E-state index in [1.165, 1.54) is 32.7 Å². The van der Waals surface area contributed by atoms with Crippen molar-refractivity contribution in [2.24, 2.45) is 5.73 Å². The standard InChI is InChI=1S/C24H24N2O5S/c1-24(2)30-22(27)20(23(28)31-24)19(16-9-11-17(29-3)12-10-16)18(13-25)21(26)32-14-15-7-5-4-6-8-15/h4-12,19,27H,14,26H2,1-3H3/b21-18+/t19-/m1/s1. The maximum absolute atomic E-state index is 12.9. The number of methoxy groups -OCH3 is 1. The van der Waals surface area contributed by atoms with Crippen LogP contribution < -0.4 is 10.5 Å². The lowest BCUT2D eigenvalue weighted by Crippen LogP contribution is -2.38. The van der Waals surface area contributed by atoms with E-state index >= 15 is 0 Å². The predicted octanol–water partition coefficient (Wildman–Crippen LogP) is 4.49. The number of esters is 1. The number of benzene rings is 2. The van der Waals surface area contributed by atoms with Crippen LogP contribution in [0.5, 0.6) is 5.75 Å². The molecule has 166 valence electrons. The summed E-state index contributed by atoms with van der Waals surface area (Å²) in [5.74, 6) is -2.57. The van der Waals surface area contributed by atoms with Gasteiger partial charge in [-0.2, -0.15) is 5.26 Å². The number of nitrogens with zero attached hydrogens (tertiary/aromatic N) is 1. The molecule has 2 aromatic rings. The van der Waals surface area contributed by atoms with E-state index in [0.29, 0.717) is 17.1 Å². The van der Waals surface area contributed by atoms with Crippen LogP contribution in [0.25, 0.3) is 0 Å². The van der Waals surface area contributed by atoms with Crippen LogP contribution in [0.4, 0.5) is 0 Å². The van der Waals surface area contributed by atoms with Crippen molar-refractivity contribution in [2.45, 2.75) is 31.3 Å². The zero-order chi connectivity index (χ0) is 23.3. The van der Waals surface area contributed by atoms with E-state index in [1.807, 2.05) is 30.3 Å². The molecule has 2 aromatic carbocycles. The summed E-state index contributed by atoms with van der Waals surface area (Å²) in [6, 6.07) is 18.6. The number of aliphatic hydroxyl groups is 1. The fourth-order valence-electron chi connectivity index (χ4n) is 3.26. The summed E-state index contributed by atoms with van der Waals surface area (Å²) >= 11 is 1.27. The third-order valence-electron chi connectivity index (χ3n) is 4.78. The zero-order valence-electron chi connectivity index (χ0n) is 18.0. The first-order valence-corrected chi connectivity index (χ1v) is 10.8. The van der Waals surface area contributed by atoms with Crippen LogP contribution >= 0.6 is 11.8 Å². The maximum Gasteiger partial charge on any atom is 0.345 e. The first kappa shape index (κ1) is 23.1. The summed E-state index contributed by atoms with van der Waals surface area (Å²) in [5, 5.41) is 20.8. The van der Waals surface area contributed by atoms with E-state index in [4.69, 9.17) is 19.9 Å². The van der Waals surface area contributed by atoms with E-state index in [9.17, 15) is 15.2 Å². The third-order valence-corrected chi connectivity index (χ3v) is 5.79. The Hall–Kier alpha value is -3.57. The summed E-state index contributed by atoms with van der Waals surface area (Å²) in [6.07, 6.45) is 0. The van der Waals surface area contributed by atoms with Crippen molar-refractivity contribution in [3.05, 3.63) is 87.8 Å². The number of aliphatic hydroxyl groups excluding tert-OH is 1. The lowest BCUT2D eigenvalue weighted by atomic mass is 9.85. The molecule has 3 rings (SSSR count). The molecule has 0 spiro atoms. The average molecular weight is 453 g/mol. The van der Waals surface area contributed by atoms with Crippen LogP contribution in [0.15, 0.2) is 76.7 Å². The molecular weight excluding hydrogens is 428 g/mol. The van der Waals surface area contributed by atoms with Crippen LogP contribution in [0.1, 0.15) is 30.9 Å². The molecule has 0 aromatic heterocycles. The summed E-state index contributed by atoms with van der Waals surface area (Å²) in [5.41, 5.74) is 7.82. The molecule has 3 N–H and O–H groups in total. The van der Waals surface area contributed by atoms with Crippen LogP contribution in [0.3, 0.4) is 0 Å². The van der Waals surface area contributed by atoms with Gasteiger partial charge in [-0.1, -0.05) is 42.5 Å². The maximum atomic E-state index is 12.9. The second-order valence-electron chi connectivity index (χ2n) is 7.48. The molecule has 0 saturated carbocycles. The number of carbonyl (C=O) groups excluding carboxylic acids is 1. The minimum Gasteiger partial charge on any atom is -0.497 e. The summed E-state index contributed by atoms with van der Waals surface area (Å²) in [4.78, 5) is 12.9. The first-order chi connectivity index (χ1) is 15.3.